The summed E-state index contributed by atoms with van der Waals surface area (Å²) in [6.07, 6.45) is 4.56. The van der Waals surface area contributed by atoms with Crippen molar-refractivity contribution in [3.8, 4) is 5.75 Å². The van der Waals surface area contributed by atoms with Gasteiger partial charge < -0.3 is 10.1 Å². The van der Waals surface area contributed by atoms with Crippen LogP contribution in [0, 0.1) is 0 Å². The van der Waals surface area contributed by atoms with E-state index in [0.29, 0.717) is 0 Å². The van der Waals surface area contributed by atoms with E-state index in [4.69, 9.17) is 4.74 Å². The van der Waals surface area contributed by atoms with Gasteiger partial charge in [-0.1, -0.05) is 19.9 Å². The van der Waals surface area contributed by atoms with Gasteiger partial charge in [-0.3, -0.25) is 9.97 Å². The van der Waals surface area contributed by atoms with Crippen LogP contribution in [-0.2, 0) is 6.42 Å². The lowest BCUT2D eigenvalue weighted by Gasteiger charge is -2.21. The lowest BCUT2D eigenvalue weighted by molar-refractivity contribution is 0.399. The monoisotopic (exact) mass is 271 g/mol. The molecule has 0 saturated heterocycles. The van der Waals surface area contributed by atoms with Crippen LogP contribution in [0.1, 0.15) is 36.8 Å². The standard InChI is InChI=1S/C16H21N3O/c1-4-12-8-6-10-18-14(12)16(17-5-2)15-13(20-3)9-7-11-19-15/h6-11,16-17H,4-5H2,1-3H3. The van der Waals surface area contributed by atoms with Gasteiger partial charge in [0, 0.05) is 12.4 Å². The number of ether oxygens (including phenoxy) is 1. The number of hydrogen-bond donors (Lipinski definition) is 1. The normalized spacial score (nSPS) is 12.2. The number of rotatable bonds is 6. The average Bonchev–Trinajstić information content (AvgIpc) is 2.52. The third-order valence-corrected chi connectivity index (χ3v) is 3.28. The summed E-state index contributed by atoms with van der Waals surface area (Å²) in [5.41, 5.74) is 3.13. The highest BCUT2D eigenvalue weighted by atomic mass is 16.5. The molecule has 2 rings (SSSR count). The fourth-order valence-electron chi connectivity index (χ4n) is 2.33. The molecule has 0 aliphatic rings. The van der Waals surface area contributed by atoms with E-state index in [9.17, 15) is 0 Å². The molecular weight excluding hydrogens is 250 g/mol. The molecule has 1 atom stereocenters. The molecule has 2 aromatic rings. The second-order valence-corrected chi connectivity index (χ2v) is 4.48. The molecule has 1 N–H and O–H groups in total. The van der Waals surface area contributed by atoms with Gasteiger partial charge >= 0.3 is 0 Å². The largest absolute Gasteiger partial charge is 0.495 e. The van der Waals surface area contributed by atoms with E-state index >= 15 is 0 Å². The topological polar surface area (TPSA) is 47.0 Å². The molecule has 0 radical (unpaired) electrons. The minimum atomic E-state index is -0.0488. The molecule has 2 aromatic heterocycles. The maximum atomic E-state index is 5.44. The molecule has 0 aliphatic heterocycles. The first-order valence-electron chi connectivity index (χ1n) is 6.97. The van der Waals surface area contributed by atoms with Gasteiger partial charge in [0.1, 0.15) is 11.4 Å². The highest BCUT2D eigenvalue weighted by molar-refractivity contribution is 5.37. The molecule has 0 fully saturated rings. The molecule has 4 nitrogen and oxygen atoms in total. The Morgan fingerprint density at radius 2 is 1.80 bits per heavy atom. The molecule has 0 aromatic carbocycles. The van der Waals surface area contributed by atoms with Crippen LogP contribution in [0.3, 0.4) is 0 Å². The Balaban J connectivity index is 2.50. The molecule has 2 heterocycles. The minimum Gasteiger partial charge on any atom is -0.495 e. The quantitative estimate of drug-likeness (QED) is 0.877. The van der Waals surface area contributed by atoms with Crippen molar-refractivity contribution in [3.63, 3.8) is 0 Å². The second-order valence-electron chi connectivity index (χ2n) is 4.48. The molecule has 0 bridgehead atoms. The first-order chi connectivity index (χ1) is 9.81. The van der Waals surface area contributed by atoms with E-state index in [1.54, 1.807) is 13.3 Å². The van der Waals surface area contributed by atoms with E-state index in [0.717, 1.165) is 30.1 Å². The molecule has 0 aliphatic carbocycles. The van der Waals surface area contributed by atoms with Crippen molar-refractivity contribution in [2.24, 2.45) is 0 Å². The van der Waals surface area contributed by atoms with Gasteiger partial charge in [0.15, 0.2) is 0 Å². The number of nitrogens with one attached hydrogen (secondary N) is 1. The van der Waals surface area contributed by atoms with Gasteiger partial charge in [-0.25, -0.2) is 0 Å². The molecule has 0 amide bonds. The van der Waals surface area contributed by atoms with Crippen molar-refractivity contribution in [2.45, 2.75) is 26.3 Å². The second kappa shape index (κ2) is 7.01. The van der Waals surface area contributed by atoms with Crippen LogP contribution in [0.25, 0.3) is 0 Å². The van der Waals surface area contributed by atoms with Gasteiger partial charge in [0.05, 0.1) is 18.8 Å². The van der Waals surface area contributed by atoms with Gasteiger partial charge in [0.2, 0.25) is 0 Å². The summed E-state index contributed by atoms with van der Waals surface area (Å²) >= 11 is 0. The molecule has 1 unspecified atom stereocenters. The first-order valence-corrected chi connectivity index (χ1v) is 6.97. The lowest BCUT2D eigenvalue weighted by atomic mass is 10.0. The molecule has 20 heavy (non-hydrogen) atoms. The van der Waals surface area contributed by atoms with E-state index in [1.165, 1.54) is 5.56 Å². The molecule has 4 heteroatoms. The van der Waals surface area contributed by atoms with Crippen LogP contribution in [-0.4, -0.2) is 23.6 Å². The smallest absolute Gasteiger partial charge is 0.142 e. The summed E-state index contributed by atoms with van der Waals surface area (Å²) in [5.74, 6) is 0.783. The number of nitrogens with zero attached hydrogens (tertiary/aromatic N) is 2. The fourth-order valence-corrected chi connectivity index (χ4v) is 2.33. The number of hydrogen-bond acceptors (Lipinski definition) is 4. The van der Waals surface area contributed by atoms with Gasteiger partial charge in [-0.15, -0.1) is 0 Å². The van der Waals surface area contributed by atoms with Crippen LogP contribution in [0.5, 0.6) is 5.75 Å². The van der Waals surface area contributed by atoms with Crippen molar-refractivity contribution in [1.29, 1.82) is 0 Å². The van der Waals surface area contributed by atoms with Crippen LogP contribution in [0.4, 0.5) is 0 Å². The number of aromatic nitrogens is 2. The highest BCUT2D eigenvalue weighted by Gasteiger charge is 2.21. The Kier molecular flexibility index (Phi) is 5.07. The predicted octanol–water partition coefficient (Wildman–Crippen LogP) is 2.75. The zero-order valence-electron chi connectivity index (χ0n) is 12.3. The number of methoxy groups -OCH3 is 1. The summed E-state index contributed by atoms with van der Waals surface area (Å²) < 4.78 is 5.44. The number of pyridine rings is 2. The summed E-state index contributed by atoms with van der Waals surface area (Å²) in [5, 5.41) is 3.46. The van der Waals surface area contributed by atoms with E-state index in [2.05, 4.69) is 35.2 Å². The lowest BCUT2D eigenvalue weighted by Crippen LogP contribution is -2.25. The van der Waals surface area contributed by atoms with Gasteiger partial charge in [-0.2, -0.15) is 0 Å². The Morgan fingerprint density at radius 3 is 2.45 bits per heavy atom. The maximum absolute atomic E-state index is 5.44. The van der Waals surface area contributed by atoms with Gasteiger partial charge in [0.25, 0.3) is 0 Å². The van der Waals surface area contributed by atoms with Crippen molar-refractivity contribution in [1.82, 2.24) is 15.3 Å². The van der Waals surface area contributed by atoms with Crippen LogP contribution < -0.4 is 10.1 Å². The number of aryl methyl sites for hydroxylation is 1. The summed E-state index contributed by atoms with van der Waals surface area (Å²) in [6, 6.07) is 7.85. The first kappa shape index (κ1) is 14.5. The Morgan fingerprint density at radius 1 is 1.10 bits per heavy atom. The van der Waals surface area contributed by atoms with Gasteiger partial charge in [-0.05, 0) is 36.7 Å². The van der Waals surface area contributed by atoms with Crippen molar-refractivity contribution in [3.05, 3.63) is 53.6 Å². The summed E-state index contributed by atoms with van der Waals surface area (Å²) in [6.45, 7) is 5.06. The van der Waals surface area contributed by atoms with Crippen LogP contribution in [0.15, 0.2) is 36.7 Å². The molecule has 0 saturated carbocycles. The Hall–Kier alpha value is -1.94. The zero-order valence-corrected chi connectivity index (χ0v) is 12.3. The minimum absolute atomic E-state index is 0.0488. The van der Waals surface area contributed by atoms with E-state index in [-0.39, 0.29) is 6.04 Å². The third-order valence-electron chi connectivity index (χ3n) is 3.28. The van der Waals surface area contributed by atoms with Crippen molar-refractivity contribution < 1.29 is 4.74 Å². The van der Waals surface area contributed by atoms with E-state index < -0.39 is 0 Å². The fraction of sp³-hybridized carbons (Fsp3) is 0.375. The Bertz CT molecular complexity index is 509. The maximum Gasteiger partial charge on any atom is 0.142 e. The molecular formula is C16H21N3O. The predicted molar refractivity (Wildman–Crippen MR) is 79.9 cm³/mol. The van der Waals surface area contributed by atoms with Crippen LogP contribution in [0.2, 0.25) is 0 Å². The Labute approximate surface area is 120 Å². The van der Waals surface area contributed by atoms with Crippen molar-refractivity contribution in [2.75, 3.05) is 13.7 Å². The van der Waals surface area contributed by atoms with Crippen molar-refractivity contribution >= 4 is 0 Å². The van der Waals surface area contributed by atoms with Crippen LogP contribution >= 0.6 is 0 Å². The summed E-state index contributed by atoms with van der Waals surface area (Å²) in [7, 11) is 1.67. The highest BCUT2D eigenvalue weighted by Crippen LogP contribution is 2.28. The average molecular weight is 271 g/mol. The SMILES string of the molecule is CCNC(c1ncccc1CC)c1ncccc1OC. The zero-order chi connectivity index (χ0) is 14.4. The van der Waals surface area contributed by atoms with E-state index in [1.807, 2.05) is 24.4 Å². The molecule has 106 valence electrons. The summed E-state index contributed by atoms with van der Waals surface area (Å²) in [4.78, 5) is 9.05. The molecule has 0 spiro atoms. The third kappa shape index (κ3) is 2.96.